The van der Waals surface area contributed by atoms with Crippen molar-refractivity contribution in [3.63, 3.8) is 0 Å². The second-order valence-electron chi connectivity index (χ2n) is 4.05. The monoisotopic (exact) mass is 331 g/mol. The van der Waals surface area contributed by atoms with Crippen LogP contribution in [0.3, 0.4) is 0 Å². The van der Waals surface area contributed by atoms with Crippen molar-refractivity contribution in [3.8, 4) is 0 Å². The lowest BCUT2D eigenvalue weighted by molar-refractivity contribution is 0.601. The quantitative estimate of drug-likeness (QED) is 0.668. The SMILES string of the molecule is Cc1nc(Cl)ccc1NS(=O)(=O)c1cc(Cl)ccc1N. The Labute approximate surface area is 126 Å². The lowest BCUT2D eigenvalue weighted by atomic mass is 10.3. The summed E-state index contributed by atoms with van der Waals surface area (Å²) in [6, 6.07) is 7.27. The number of nitrogens with one attached hydrogen (secondary N) is 1. The molecule has 106 valence electrons. The van der Waals surface area contributed by atoms with Crippen molar-refractivity contribution in [2.75, 3.05) is 10.5 Å². The van der Waals surface area contributed by atoms with E-state index in [0.717, 1.165) is 0 Å². The first-order valence-corrected chi connectivity index (χ1v) is 7.74. The van der Waals surface area contributed by atoms with Crippen LogP contribution in [0.25, 0.3) is 0 Å². The topological polar surface area (TPSA) is 85.1 Å². The van der Waals surface area contributed by atoms with E-state index in [4.69, 9.17) is 28.9 Å². The Morgan fingerprint density at radius 3 is 2.55 bits per heavy atom. The molecule has 0 aliphatic rings. The summed E-state index contributed by atoms with van der Waals surface area (Å²) in [5.41, 5.74) is 6.58. The number of halogens is 2. The van der Waals surface area contributed by atoms with Crippen molar-refractivity contribution in [2.24, 2.45) is 0 Å². The van der Waals surface area contributed by atoms with E-state index in [9.17, 15) is 8.42 Å². The van der Waals surface area contributed by atoms with Crippen LogP contribution in [-0.2, 0) is 10.0 Å². The number of pyridine rings is 1. The highest BCUT2D eigenvalue weighted by atomic mass is 35.5. The summed E-state index contributed by atoms with van der Waals surface area (Å²) in [7, 11) is -3.84. The minimum absolute atomic E-state index is 0.0839. The summed E-state index contributed by atoms with van der Waals surface area (Å²) in [6.45, 7) is 1.64. The van der Waals surface area contributed by atoms with Crippen molar-refractivity contribution in [2.45, 2.75) is 11.8 Å². The summed E-state index contributed by atoms with van der Waals surface area (Å²) in [4.78, 5) is 3.89. The molecule has 5 nitrogen and oxygen atoms in total. The number of benzene rings is 1. The molecule has 3 N–H and O–H groups in total. The molecule has 20 heavy (non-hydrogen) atoms. The van der Waals surface area contributed by atoms with Crippen LogP contribution in [0, 0.1) is 6.92 Å². The molecule has 2 aromatic rings. The van der Waals surface area contributed by atoms with Gasteiger partial charge in [0.1, 0.15) is 10.0 Å². The molecule has 0 atom stereocenters. The summed E-state index contributed by atoms with van der Waals surface area (Å²) in [5.74, 6) is 0. The third-order valence-corrected chi connectivity index (χ3v) is 4.43. The van der Waals surface area contributed by atoms with Crippen molar-refractivity contribution in [1.29, 1.82) is 0 Å². The number of hydrogen-bond donors (Lipinski definition) is 2. The van der Waals surface area contributed by atoms with Gasteiger partial charge in [-0.05, 0) is 37.3 Å². The van der Waals surface area contributed by atoms with Crippen LogP contribution in [0.4, 0.5) is 11.4 Å². The van der Waals surface area contributed by atoms with Gasteiger partial charge >= 0.3 is 0 Å². The van der Waals surface area contributed by atoms with Gasteiger partial charge < -0.3 is 5.73 Å². The van der Waals surface area contributed by atoms with Gasteiger partial charge in [-0.1, -0.05) is 23.2 Å². The molecule has 0 amide bonds. The van der Waals surface area contributed by atoms with Crippen LogP contribution in [0.15, 0.2) is 35.2 Å². The molecule has 0 spiro atoms. The van der Waals surface area contributed by atoms with Gasteiger partial charge in [0.15, 0.2) is 0 Å². The molecule has 8 heteroatoms. The van der Waals surface area contributed by atoms with E-state index in [1.807, 2.05) is 0 Å². The van der Waals surface area contributed by atoms with Crippen LogP contribution >= 0.6 is 23.2 Å². The van der Waals surface area contributed by atoms with Gasteiger partial charge in [0, 0.05) is 5.02 Å². The second-order valence-corrected chi connectivity index (χ2v) is 6.53. The number of hydrogen-bond acceptors (Lipinski definition) is 4. The lowest BCUT2D eigenvalue weighted by Gasteiger charge is -2.12. The van der Waals surface area contributed by atoms with E-state index in [1.165, 1.54) is 30.3 Å². The van der Waals surface area contributed by atoms with Gasteiger partial charge in [-0.2, -0.15) is 0 Å². The number of aryl methyl sites for hydroxylation is 1. The molecule has 1 aromatic carbocycles. The zero-order valence-electron chi connectivity index (χ0n) is 10.4. The van der Waals surface area contributed by atoms with Gasteiger partial charge in [-0.3, -0.25) is 4.72 Å². The third-order valence-electron chi connectivity index (χ3n) is 2.56. The van der Waals surface area contributed by atoms with Gasteiger partial charge in [0.25, 0.3) is 10.0 Å². The third kappa shape index (κ3) is 3.15. The number of aromatic nitrogens is 1. The molecule has 0 bridgehead atoms. The Kier molecular flexibility index (Phi) is 4.08. The minimum Gasteiger partial charge on any atom is -0.398 e. The fourth-order valence-electron chi connectivity index (χ4n) is 1.58. The van der Waals surface area contributed by atoms with E-state index in [-0.39, 0.29) is 20.8 Å². The summed E-state index contributed by atoms with van der Waals surface area (Å²) >= 11 is 11.5. The van der Waals surface area contributed by atoms with E-state index in [0.29, 0.717) is 11.4 Å². The first-order chi connectivity index (χ1) is 9.29. The highest BCUT2D eigenvalue weighted by Gasteiger charge is 2.19. The van der Waals surface area contributed by atoms with Crippen molar-refractivity contribution >= 4 is 44.6 Å². The van der Waals surface area contributed by atoms with Crippen LogP contribution in [0.2, 0.25) is 10.2 Å². The summed E-state index contributed by atoms with van der Waals surface area (Å²) in [5, 5.41) is 0.568. The van der Waals surface area contributed by atoms with Gasteiger partial charge in [0.2, 0.25) is 0 Å². The van der Waals surface area contributed by atoms with Gasteiger partial charge in [-0.15, -0.1) is 0 Å². The minimum atomic E-state index is -3.84. The molecular weight excluding hydrogens is 321 g/mol. The average Bonchev–Trinajstić information content (AvgIpc) is 2.35. The lowest BCUT2D eigenvalue weighted by Crippen LogP contribution is -2.15. The van der Waals surface area contributed by atoms with Crippen LogP contribution < -0.4 is 10.5 Å². The molecular formula is C12H11Cl2N3O2S. The number of nitrogen functional groups attached to an aromatic ring is 1. The maximum atomic E-state index is 12.3. The molecule has 2 rings (SSSR count). The molecule has 0 aliphatic heterocycles. The van der Waals surface area contributed by atoms with Crippen molar-refractivity contribution in [1.82, 2.24) is 4.98 Å². The van der Waals surface area contributed by atoms with Crippen LogP contribution in [0.1, 0.15) is 5.69 Å². The summed E-state index contributed by atoms with van der Waals surface area (Å²) < 4.78 is 27.0. The first kappa shape index (κ1) is 14.9. The zero-order valence-corrected chi connectivity index (χ0v) is 12.7. The average molecular weight is 332 g/mol. The van der Waals surface area contributed by atoms with Crippen molar-refractivity contribution in [3.05, 3.63) is 46.2 Å². The highest BCUT2D eigenvalue weighted by molar-refractivity contribution is 7.92. The first-order valence-electron chi connectivity index (χ1n) is 5.50. The smallest absolute Gasteiger partial charge is 0.264 e. The number of anilines is 2. The fraction of sp³-hybridized carbons (Fsp3) is 0.0833. The fourth-order valence-corrected chi connectivity index (χ4v) is 3.28. The standard InChI is InChI=1S/C12H11Cl2N3O2S/c1-7-10(4-5-12(14)16-7)17-20(18,19)11-6-8(13)2-3-9(11)15/h2-6,17H,15H2,1H3. The van der Waals surface area contributed by atoms with E-state index < -0.39 is 10.0 Å². The Morgan fingerprint density at radius 1 is 1.20 bits per heavy atom. The molecule has 0 radical (unpaired) electrons. The Balaban J connectivity index is 2.43. The second kappa shape index (κ2) is 5.47. The van der Waals surface area contributed by atoms with E-state index in [2.05, 4.69) is 9.71 Å². The zero-order chi connectivity index (χ0) is 14.9. The van der Waals surface area contributed by atoms with Crippen LogP contribution in [0.5, 0.6) is 0 Å². The van der Waals surface area contributed by atoms with Crippen molar-refractivity contribution < 1.29 is 8.42 Å². The predicted octanol–water partition coefficient (Wildman–Crippen LogP) is 3.08. The number of sulfonamides is 1. The predicted molar refractivity (Wildman–Crippen MR) is 80.7 cm³/mol. The molecule has 1 heterocycles. The number of nitrogens with two attached hydrogens (primary N) is 1. The Morgan fingerprint density at radius 2 is 1.90 bits per heavy atom. The largest absolute Gasteiger partial charge is 0.398 e. The molecule has 0 aliphatic carbocycles. The Bertz CT molecular complexity index is 763. The molecule has 1 aromatic heterocycles. The highest BCUT2D eigenvalue weighted by Crippen LogP contribution is 2.26. The molecule has 0 saturated heterocycles. The number of nitrogens with zero attached hydrogens (tertiary/aromatic N) is 1. The maximum absolute atomic E-state index is 12.3. The maximum Gasteiger partial charge on any atom is 0.264 e. The molecule has 0 fully saturated rings. The van der Waals surface area contributed by atoms with E-state index in [1.54, 1.807) is 6.92 Å². The van der Waals surface area contributed by atoms with Gasteiger partial charge in [0.05, 0.1) is 17.1 Å². The summed E-state index contributed by atoms with van der Waals surface area (Å²) in [6.07, 6.45) is 0. The van der Waals surface area contributed by atoms with Crippen LogP contribution in [-0.4, -0.2) is 13.4 Å². The normalized spacial score (nSPS) is 11.3. The Hall–Kier alpha value is -1.50. The number of rotatable bonds is 3. The van der Waals surface area contributed by atoms with Gasteiger partial charge in [-0.25, -0.2) is 13.4 Å². The molecule has 0 saturated carbocycles. The van der Waals surface area contributed by atoms with E-state index >= 15 is 0 Å². The molecule has 0 unspecified atom stereocenters.